The van der Waals surface area contributed by atoms with E-state index in [0.29, 0.717) is 28.6 Å². The van der Waals surface area contributed by atoms with Gasteiger partial charge in [-0.05, 0) is 37.6 Å². The SMILES string of the molecule is CCOC(=O)/C=C1\CC(c2cccc(Cl)c2)c2c(n(C(=O)OCC)c3ccccc23)O1. The largest absolute Gasteiger partial charge is 0.463 e. The smallest absolute Gasteiger partial charge is 0.421 e. The molecule has 0 spiro atoms. The molecular weight excluding hydrogens is 418 g/mol. The van der Waals surface area contributed by atoms with Crippen molar-refractivity contribution in [2.45, 2.75) is 26.2 Å². The number of ether oxygens (including phenoxy) is 3. The van der Waals surface area contributed by atoms with Crippen molar-refractivity contribution in [3.05, 3.63) is 76.5 Å². The van der Waals surface area contributed by atoms with E-state index in [2.05, 4.69) is 0 Å². The second-order valence-corrected chi connectivity index (χ2v) is 7.48. The van der Waals surface area contributed by atoms with E-state index >= 15 is 0 Å². The van der Waals surface area contributed by atoms with Crippen molar-refractivity contribution in [3.63, 3.8) is 0 Å². The molecule has 0 N–H and O–H groups in total. The fourth-order valence-electron chi connectivity index (χ4n) is 3.93. The first-order chi connectivity index (χ1) is 15.0. The number of hydrogen-bond donors (Lipinski definition) is 0. The molecule has 4 rings (SSSR count). The lowest BCUT2D eigenvalue weighted by molar-refractivity contribution is -0.137. The number of hydrogen-bond acceptors (Lipinski definition) is 5. The van der Waals surface area contributed by atoms with E-state index in [9.17, 15) is 9.59 Å². The Morgan fingerprint density at radius 3 is 2.65 bits per heavy atom. The van der Waals surface area contributed by atoms with Crippen LogP contribution in [0, 0.1) is 0 Å². The Labute approximate surface area is 185 Å². The predicted octanol–water partition coefficient (Wildman–Crippen LogP) is 5.66. The Morgan fingerprint density at radius 1 is 1.13 bits per heavy atom. The minimum Gasteiger partial charge on any atom is -0.463 e. The zero-order chi connectivity index (χ0) is 22.0. The Kier molecular flexibility index (Phi) is 6.00. The molecule has 0 radical (unpaired) electrons. The molecule has 160 valence electrons. The Balaban J connectivity index is 1.95. The second-order valence-electron chi connectivity index (χ2n) is 7.05. The summed E-state index contributed by atoms with van der Waals surface area (Å²) in [6.45, 7) is 3.97. The van der Waals surface area contributed by atoms with Crippen molar-refractivity contribution >= 4 is 34.6 Å². The lowest BCUT2D eigenvalue weighted by atomic mass is 9.86. The van der Waals surface area contributed by atoms with Crippen LogP contribution in [0.5, 0.6) is 5.88 Å². The maximum Gasteiger partial charge on any atom is 0.421 e. The Morgan fingerprint density at radius 2 is 1.90 bits per heavy atom. The minimum atomic E-state index is -0.540. The first-order valence-corrected chi connectivity index (χ1v) is 10.5. The van der Waals surface area contributed by atoms with Gasteiger partial charge in [-0.25, -0.2) is 14.2 Å². The quantitative estimate of drug-likeness (QED) is 0.387. The van der Waals surface area contributed by atoms with Crippen LogP contribution in [0.2, 0.25) is 5.02 Å². The van der Waals surface area contributed by atoms with Crippen LogP contribution < -0.4 is 4.74 Å². The van der Waals surface area contributed by atoms with Crippen LogP contribution in [0.15, 0.2) is 60.4 Å². The molecular formula is C24H22ClNO5. The van der Waals surface area contributed by atoms with Crippen molar-refractivity contribution in [2.24, 2.45) is 0 Å². The number of para-hydroxylation sites is 1. The zero-order valence-corrected chi connectivity index (χ0v) is 18.0. The van der Waals surface area contributed by atoms with Crippen LogP contribution in [0.3, 0.4) is 0 Å². The van der Waals surface area contributed by atoms with Gasteiger partial charge in [0.15, 0.2) is 0 Å². The van der Waals surface area contributed by atoms with Gasteiger partial charge in [0.2, 0.25) is 5.88 Å². The van der Waals surface area contributed by atoms with Gasteiger partial charge < -0.3 is 14.2 Å². The van der Waals surface area contributed by atoms with Crippen molar-refractivity contribution in [3.8, 4) is 5.88 Å². The van der Waals surface area contributed by atoms with E-state index in [0.717, 1.165) is 16.5 Å². The van der Waals surface area contributed by atoms with E-state index in [4.69, 9.17) is 25.8 Å². The van der Waals surface area contributed by atoms with Gasteiger partial charge >= 0.3 is 12.1 Å². The minimum absolute atomic E-state index is 0.177. The number of allylic oxidation sites excluding steroid dienone is 1. The fraction of sp³-hybridized carbons (Fsp3) is 0.250. The van der Waals surface area contributed by atoms with Gasteiger partial charge in [0.25, 0.3) is 0 Å². The first kappa shape index (κ1) is 21.0. The number of halogens is 1. The Hall–Kier alpha value is -3.25. The molecule has 1 aliphatic rings. The topological polar surface area (TPSA) is 66.8 Å². The van der Waals surface area contributed by atoms with Gasteiger partial charge in [-0.2, -0.15) is 0 Å². The van der Waals surface area contributed by atoms with E-state index in [1.165, 1.54) is 10.6 Å². The molecule has 2 aromatic carbocycles. The molecule has 1 unspecified atom stereocenters. The third kappa shape index (κ3) is 4.03. The molecule has 6 nitrogen and oxygen atoms in total. The highest BCUT2D eigenvalue weighted by Crippen LogP contribution is 2.47. The third-order valence-electron chi connectivity index (χ3n) is 5.12. The summed E-state index contributed by atoms with van der Waals surface area (Å²) in [6.07, 6.45) is 1.21. The summed E-state index contributed by atoms with van der Waals surface area (Å²) in [5, 5.41) is 1.49. The number of rotatable bonds is 4. The molecule has 0 saturated carbocycles. The van der Waals surface area contributed by atoms with Gasteiger partial charge in [-0.15, -0.1) is 0 Å². The van der Waals surface area contributed by atoms with Crippen LogP contribution in [0.25, 0.3) is 10.9 Å². The summed E-state index contributed by atoms with van der Waals surface area (Å²) in [4.78, 5) is 25.0. The van der Waals surface area contributed by atoms with Crippen molar-refractivity contribution in [1.29, 1.82) is 0 Å². The highest BCUT2D eigenvalue weighted by Gasteiger charge is 2.35. The third-order valence-corrected chi connectivity index (χ3v) is 5.35. The van der Waals surface area contributed by atoms with Crippen molar-refractivity contribution in [2.75, 3.05) is 13.2 Å². The molecule has 7 heteroatoms. The zero-order valence-electron chi connectivity index (χ0n) is 17.3. The number of carbonyl (C=O) groups is 2. The molecule has 3 aromatic rings. The average Bonchev–Trinajstić information content (AvgIpc) is 3.08. The fourth-order valence-corrected chi connectivity index (χ4v) is 4.13. The summed E-state index contributed by atoms with van der Waals surface area (Å²) in [7, 11) is 0. The van der Waals surface area contributed by atoms with Crippen LogP contribution in [0.1, 0.15) is 37.3 Å². The summed E-state index contributed by atoms with van der Waals surface area (Å²) >= 11 is 6.27. The molecule has 2 heterocycles. The number of esters is 1. The summed E-state index contributed by atoms with van der Waals surface area (Å²) in [6, 6.07) is 15.1. The van der Waals surface area contributed by atoms with E-state index < -0.39 is 12.1 Å². The van der Waals surface area contributed by atoms with Crippen LogP contribution in [0.4, 0.5) is 4.79 Å². The standard InChI is InChI=1S/C24H22ClNO5/c1-3-29-21(27)14-17-13-19(15-8-7-9-16(25)12-15)22-18-10-5-6-11-20(18)26(23(22)31-17)24(28)30-4-2/h5-12,14,19H,3-4,13H2,1-2H3/b17-14+. The van der Waals surface area contributed by atoms with Gasteiger partial charge in [0, 0.05) is 28.3 Å². The van der Waals surface area contributed by atoms with Crippen LogP contribution >= 0.6 is 11.6 Å². The summed E-state index contributed by atoms with van der Waals surface area (Å²) in [5.41, 5.74) is 2.49. The molecule has 0 bridgehead atoms. The molecule has 31 heavy (non-hydrogen) atoms. The number of benzene rings is 2. The maximum absolute atomic E-state index is 12.8. The molecule has 1 aromatic heterocycles. The number of carbonyl (C=O) groups excluding carboxylic acids is 2. The number of aromatic nitrogens is 1. The molecule has 0 amide bonds. The lowest BCUT2D eigenvalue weighted by Gasteiger charge is -2.26. The molecule has 0 aliphatic carbocycles. The summed E-state index contributed by atoms with van der Waals surface area (Å²) in [5.74, 6) is 0.0731. The second kappa shape index (κ2) is 8.86. The Bertz CT molecular complexity index is 1180. The highest BCUT2D eigenvalue weighted by molar-refractivity contribution is 6.30. The highest BCUT2D eigenvalue weighted by atomic mass is 35.5. The molecule has 0 fully saturated rings. The first-order valence-electron chi connectivity index (χ1n) is 10.1. The van der Waals surface area contributed by atoms with Crippen molar-refractivity contribution < 1.29 is 23.8 Å². The van der Waals surface area contributed by atoms with Crippen molar-refractivity contribution in [1.82, 2.24) is 4.57 Å². The van der Waals surface area contributed by atoms with Crippen LogP contribution in [-0.2, 0) is 14.3 Å². The summed E-state index contributed by atoms with van der Waals surface area (Å²) < 4.78 is 17.9. The normalized spacial score (nSPS) is 16.6. The van der Waals surface area contributed by atoms with E-state index in [1.807, 2.05) is 48.5 Å². The number of nitrogens with zero attached hydrogens (tertiary/aromatic N) is 1. The molecule has 0 saturated heterocycles. The number of fused-ring (bicyclic) bond motifs is 3. The molecule has 1 aliphatic heterocycles. The van der Waals surface area contributed by atoms with E-state index in [-0.39, 0.29) is 19.1 Å². The predicted molar refractivity (Wildman–Crippen MR) is 118 cm³/mol. The monoisotopic (exact) mass is 439 g/mol. The van der Waals surface area contributed by atoms with Gasteiger partial charge in [0.05, 0.1) is 24.8 Å². The maximum atomic E-state index is 12.8. The van der Waals surface area contributed by atoms with Crippen LogP contribution in [-0.4, -0.2) is 29.8 Å². The average molecular weight is 440 g/mol. The van der Waals surface area contributed by atoms with Gasteiger partial charge in [-0.3, -0.25) is 0 Å². The lowest BCUT2D eigenvalue weighted by Crippen LogP contribution is -2.20. The van der Waals surface area contributed by atoms with E-state index in [1.54, 1.807) is 13.8 Å². The molecule has 1 atom stereocenters. The van der Waals surface area contributed by atoms with Gasteiger partial charge in [0.1, 0.15) is 5.76 Å². The van der Waals surface area contributed by atoms with Gasteiger partial charge in [-0.1, -0.05) is 41.9 Å².